The maximum absolute atomic E-state index is 14.1. The molecule has 0 spiro atoms. The zero-order chi connectivity index (χ0) is 34.7. The van der Waals surface area contributed by atoms with Gasteiger partial charge >= 0.3 is 0 Å². The molecular formula is C35H29F5N4O4S. The number of ether oxygens (including phenoxy) is 2. The minimum atomic E-state index is -2.34. The van der Waals surface area contributed by atoms with Crippen LogP contribution >= 0.6 is 11.8 Å². The molecule has 1 fully saturated rings. The number of thioether (sulfide) groups is 1. The Balaban J connectivity index is 1.20. The standard InChI is InChI=1S/C35H29F5N4O4S/c1-44-18-42-43-35(44)49-17-25-14-26(21-10-8-19(16-45)9-11-21)48-34(47-25)24-7-3-6-23(13-24)22-5-2-4-20(12-22)15-41-33(46)27-28(36)30(38)32(40)31(39)29(27)37/h2-13,18,25-26,34,45H,14-17H2,1H3,(H,41,46). The second kappa shape index (κ2) is 14.9. The first-order valence-electron chi connectivity index (χ1n) is 15.1. The number of carbonyl (C=O) groups is 1. The van der Waals surface area contributed by atoms with E-state index >= 15 is 0 Å². The van der Waals surface area contributed by atoms with Gasteiger partial charge in [0.1, 0.15) is 11.9 Å². The average Bonchev–Trinajstić information content (AvgIpc) is 3.55. The molecule has 1 aliphatic heterocycles. The molecule has 254 valence electrons. The van der Waals surface area contributed by atoms with Crippen LogP contribution in [0.4, 0.5) is 22.0 Å². The highest BCUT2D eigenvalue weighted by molar-refractivity contribution is 7.99. The van der Waals surface area contributed by atoms with Gasteiger partial charge < -0.3 is 24.5 Å². The summed E-state index contributed by atoms with van der Waals surface area (Å²) in [5, 5.41) is 20.6. The first kappa shape index (κ1) is 34.2. The number of carbonyl (C=O) groups excluding carboxylic acids is 1. The molecule has 0 bridgehead atoms. The highest BCUT2D eigenvalue weighted by atomic mass is 32.2. The zero-order valence-electron chi connectivity index (χ0n) is 25.9. The van der Waals surface area contributed by atoms with Gasteiger partial charge in [0.05, 0.1) is 18.8 Å². The topological polar surface area (TPSA) is 98.5 Å². The maximum atomic E-state index is 14.1. The minimum Gasteiger partial charge on any atom is -0.392 e. The van der Waals surface area contributed by atoms with Crippen LogP contribution in [0.3, 0.4) is 0 Å². The monoisotopic (exact) mass is 696 g/mol. The van der Waals surface area contributed by atoms with Crippen molar-refractivity contribution in [1.82, 2.24) is 20.1 Å². The van der Waals surface area contributed by atoms with Crippen LogP contribution in [0.5, 0.6) is 0 Å². The number of benzene rings is 4. The SMILES string of the molecule is Cn1cnnc1SCC1CC(c2ccc(CO)cc2)OC(c2cccc(-c3cccc(CNC(=O)c4c(F)c(F)c(F)c(F)c4F)c3)c2)O1. The Kier molecular flexibility index (Phi) is 10.4. The number of hydrogen-bond acceptors (Lipinski definition) is 7. The van der Waals surface area contributed by atoms with Crippen LogP contribution in [-0.2, 0) is 29.7 Å². The van der Waals surface area contributed by atoms with E-state index in [4.69, 9.17) is 9.47 Å². The van der Waals surface area contributed by atoms with Crippen LogP contribution < -0.4 is 5.32 Å². The van der Waals surface area contributed by atoms with Gasteiger partial charge in [-0.25, -0.2) is 22.0 Å². The van der Waals surface area contributed by atoms with E-state index in [1.807, 2.05) is 66.2 Å². The van der Waals surface area contributed by atoms with Gasteiger partial charge in [0.2, 0.25) is 5.82 Å². The lowest BCUT2D eigenvalue weighted by Crippen LogP contribution is -2.31. The van der Waals surface area contributed by atoms with Crippen LogP contribution in [0.2, 0.25) is 0 Å². The number of amides is 1. The van der Waals surface area contributed by atoms with E-state index in [2.05, 4.69) is 15.5 Å². The molecule has 1 saturated heterocycles. The Hall–Kier alpha value is -4.63. The number of aryl methyl sites for hydroxylation is 1. The summed E-state index contributed by atoms with van der Waals surface area (Å²) in [5.74, 6) is -12.0. The second-order valence-electron chi connectivity index (χ2n) is 11.3. The smallest absolute Gasteiger partial charge is 0.257 e. The first-order chi connectivity index (χ1) is 23.6. The van der Waals surface area contributed by atoms with E-state index in [1.54, 1.807) is 24.5 Å². The molecule has 14 heteroatoms. The maximum Gasteiger partial charge on any atom is 0.257 e. The number of aromatic nitrogens is 3. The van der Waals surface area contributed by atoms with Gasteiger partial charge in [0.25, 0.3) is 5.91 Å². The molecule has 2 N–H and O–H groups in total. The molecule has 5 aromatic rings. The Morgan fingerprint density at radius 1 is 0.878 bits per heavy atom. The molecule has 0 saturated carbocycles. The number of hydrogen-bond donors (Lipinski definition) is 2. The Morgan fingerprint density at radius 3 is 2.22 bits per heavy atom. The molecule has 2 heterocycles. The third-order valence-electron chi connectivity index (χ3n) is 7.99. The summed E-state index contributed by atoms with van der Waals surface area (Å²) in [5.41, 5.74) is 2.93. The Bertz CT molecular complexity index is 1950. The molecule has 1 aliphatic rings. The number of aliphatic hydroxyl groups excluding tert-OH is 1. The lowest BCUT2D eigenvalue weighted by molar-refractivity contribution is -0.245. The number of nitrogens with zero attached hydrogens (tertiary/aromatic N) is 3. The van der Waals surface area contributed by atoms with E-state index < -0.39 is 46.8 Å². The first-order valence-corrected chi connectivity index (χ1v) is 16.1. The molecule has 1 aromatic heterocycles. The molecule has 4 aromatic carbocycles. The van der Waals surface area contributed by atoms with Gasteiger partial charge in [-0.2, -0.15) is 0 Å². The lowest BCUT2D eigenvalue weighted by atomic mass is 9.99. The molecule has 8 nitrogen and oxygen atoms in total. The molecule has 3 atom stereocenters. The van der Waals surface area contributed by atoms with Crippen LogP contribution in [0.25, 0.3) is 11.1 Å². The normalized spacial score (nSPS) is 17.7. The third-order valence-corrected chi connectivity index (χ3v) is 9.16. The Labute approximate surface area is 281 Å². The summed E-state index contributed by atoms with van der Waals surface area (Å²) >= 11 is 1.52. The molecular weight excluding hydrogens is 667 g/mol. The zero-order valence-corrected chi connectivity index (χ0v) is 26.7. The number of aliphatic hydroxyl groups is 1. The van der Waals surface area contributed by atoms with E-state index in [0.717, 1.165) is 33.0 Å². The third kappa shape index (κ3) is 7.52. The van der Waals surface area contributed by atoms with Crippen molar-refractivity contribution < 1.29 is 41.3 Å². The molecule has 49 heavy (non-hydrogen) atoms. The summed E-state index contributed by atoms with van der Waals surface area (Å²) in [6, 6.07) is 22.0. The van der Waals surface area contributed by atoms with E-state index in [0.29, 0.717) is 17.7 Å². The molecule has 1 amide bonds. The highest BCUT2D eigenvalue weighted by Gasteiger charge is 2.33. The van der Waals surface area contributed by atoms with Gasteiger partial charge in [0, 0.05) is 31.3 Å². The lowest BCUT2D eigenvalue weighted by Gasteiger charge is -2.36. The van der Waals surface area contributed by atoms with Crippen molar-refractivity contribution in [2.45, 2.75) is 43.2 Å². The van der Waals surface area contributed by atoms with Crippen molar-refractivity contribution in [3.05, 3.63) is 136 Å². The second-order valence-corrected chi connectivity index (χ2v) is 12.3. The minimum absolute atomic E-state index is 0.0693. The van der Waals surface area contributed by atoms with E-state index in [1.165, 1.54) is 11.8 Å². The van der Waals surface area contributed by atoms with Crippen molar-refractivity contribution in [1.29, 1.82) is 0 Å². The largest absolute Gasteiger partial charge is 0.392 e. The molecule has 6 rings (SSSR count). The van der Waals surface area contributed by atoms with Crippen LogP contribution in [0.1, 0.15) is 51.4 Å². The predicted octanol–water partition coefficient (Wildman–Crippen LogP) is 6.94. The fraction of sp³-hybridized carbons (Fsp3) is 0.229. The summed E-state index contributed by atoms with van der Waals surface area (Å²) in [4.78, 5) is 12.5. The summed E-state index contributed by atoms with van der Waals surface area (Å²) in [6.45, 7) is -0.317. The number of nitrogens with one attached hydrogen (secondary N) is 1. The summed E-state index contributed by atoms with van der Waals surface area (Å²) < 4.78 is 83.7. The quantitative estimate of drug-likeness (QED) is 0.0707. The van der Waals surface area contributed by atoms with Crippen molar-refractivity contribution >= 4 is 17.7 Å². The summed E-state index contributed by atoms with van der Waals surface area (Å²) in [7, 11) is 1.86. The van der Waals surface area contributed by atoms with Crippen LogP contribution in [-0.4, -0.2) is 37.6 Å². The van der Waals surface area contributed by atoms with Gasteiger partial charge in [-0.3, -0.25) is 4.79 Å². The van der Waals surface area contributed by atoms with E-state index in [-0.39, 0.29) is 25.4 Å². The molecule has 0 radical (unpaired) electrons. The average molecular weight is 697 g/mol. The molecule has 0 aliphatic carbocycles. The number of halogens is 5. The van der Waals surface area contributed by atoms with Gasteiger partial charge in [-0.15, -0.1) is 10.2 Å². The molecule has 3 unspecified atom stereocenters. The van der Waals surface area contributed by atoms with Crippen LogP contribution in [0.15, 0.2) is 84.3 Å². The van der Waals surface area contributed by atoms with Crippen molar-refractivity contribution in [3.63, 3.8) is 0 Å². The fourth-order valence-electron chi connectivity index (χ4n) is 5.39. The van der Waals surface area contributed by atoms with Crippen molar-refractivity contribution in [3.8, 4) is 11.1 Å². The number of rotatable bonds is 10. The fourth-order valence-corrected chi connectivity index (χ4v) is 6.30. The van der Waals surface area contributed by atoms with E-state index in [9.17, 15) is 31.9 Å². The Morgan fingerprint density at radius 2 is 1.55 bits per heavy atom. The van der Waals surface area contributed by atoms with Crippen molar-refractivity contribution in [2.75, 3.05) is 5.75 Å². The van der Waals surface area contributed by atoms with Crippen molar-refractivity contribution in [2.24, 2.45) is 7.05 Å². The van der Waals surface area contributed by atoms with Crippen LogP contribution in [0, 0.1) is 29.1 Å². The summed E-state index contributed by atoms with van der Waals surface area (Å²) in [6.07, 6.45) is 0.966. The van der Waals surface area contributed by atoms with Gasteiger partial charge in [0.15, 0.2) is 34.7 Å². The van der Waals surface area contributed by atoms with Gasteiger partial charge in [-0.1, -0.05) is 72.4 Å². The van der Waals surface area contributed by atoms with Gasteiger partial charge in [-0.05, 0) is 39.9 Å². The highest BCUT2D eigenvalue weighted by Crippen LogP contribution is 2.40. The predicted molar refractivity (Wildman–Crippen MR) is 169 cm³/mol.